The summed E-state index contributed by atoms with van der Waals surface area (Å²) < 4.78 is 12.4. The summed E-state index contributed by atoms with van der Waals surface area (Å²) in [5, 5.41) is 10.5. The third-order valence-electron chi connectivity index (χ3n) is 7.30. The number of nitrogens with zero attached hydrogens (tertiary/aromatic N) is 3. The predicted molar refractivity (Wildman–Crippen MR) is 135 cm³/mol. The Labute approximate surface area is 199 Å². The van der Waals surface area contributed by atoms with E-state index in [9.17, 15) is 5.11 Å². The van der Waals surface area contributed by atoms with E-state index < -0.39 is 6.10 Å². The molecule has 2 aromatic rings. The molecular formula is C26H38BN3O3. The lowest BCUT2D eigenvalue weighted by atomic mass is 9.79. The minimum atomic E-state index is -0.566. The number of aliphatic hydroxyl groups is 1. The van der Waals surface area contributed by atoms with E-state index >= 15 is 0 Å². The minimum absolute atomic E-state index is 0.224. The first-order chi connectivity index (χ1) is 15.4. The van der Waals surface area contributed by atoms with Crippen molar-refractivity contribution in [1.82, 2.24) is 4.98 Å². The molecule has 0 amide bonds. The highest BCUT2D eigenvalue weighted by atomic mass is 16.7. The summed E-state index contributed by atoms with van der Waals surface area (Å²) in [4.78, 5) is 9.31. The Morgan fingerprint density at radius 1 is 0.848 bits per heavy atom. The molecule has 3 heterocycles. The Kier molecular flexibility index (Phi) is 6.27. The van der Waals surface area contributed by atoms with Gasteiger partial charge < -0.3 is 24.2 Å². The van der Waals surface area contributed by atoms with Crippen molar-refractivity contribution < 1.29 is 14.4 Å². The maximum absolute atomic E-state index is 10.5. The molecule has 0 saturated carbocycles. The van der Waals surface area contributed by atoms with Crippen LogP contribution in [0.15, 0.2) is 42.6 Å². The first-order valence-corrected chi connectivity index (χ1v) is 12.0. The number of rotatable bonds is 4. The van der Waals surface area contributed by atoms with Gasteiger partial charge in [-0.1, -0.05) is 32.9 Å². The number of aromatic nitrogens is 1. The van der Waals surface area contributed by atoms with Crippen molar-refractivity contribution in [2.45, 2.75) is 65.8 Å². The summed E-state index contributed by atoms with van der Waals surface area (Å²) in [6.07, 6.45) is 1.32. The molecule has 7 heteroatoms. The molecule has 1 aromatic carbocycles. The van der Waals surface area contributed by atoms with Gasteiger partial charge in [-0.05, 0) is 62.8 Å². The highest BCUT2D eigenvalue weighted by Crippen LogP contribution is 2.36. The van der Waals surface area contributed by atoms with Gasteiger partial charge in [-0.15, -0.1) is 0 Å². The third kappa shape index (κ3) is 4.91. The number of hydrogen-bond donors (Lipinski definition) is 1. The molecule has 1 N–H and O–H groups in total. The van der Waals surface area contributed by atoms with E-state index in [1.807, 2.05) is 33.0 Å². The lowest BCUT2D eigenvalue weighted by Crippen LogP contribution is -2.46. The van der Waals surface area contributed by atoms with Crippen LogP contribution < -0.4 is 15.3 Å². The zero-order chi connectivity index (χ0) is 24.0. The van der Waals surface area contributed by atoms with Gasteiger partial charge >= 0.3 is 7.12 Å². The fourth-order valence-electron chi connectivity index (χ4n) is 4.23. The number of anilines is 2. The first kappa shape index (κ1) is 24.1. The molecule has 0 aliphatic carbocycles. The lowest BCUT2D eigenvalue weighted by Gasteiger charge is -2.37. The van der Waals surface area contributed by atoms with Crippen LogP contribution in [0, 0.1) is 5.41 Å². The largest absolute Gasteiger partial charge is 0.494 e. The molecule has 1 atom stereocenters. The van der Waals surface area contributed by atoms with Crippen molar-refractivity contribution in [3.05, 3.63) is 48.3 Å². The van der Waals surface area contributed by atoms with Crippen LogP contribution in [-0.2, 0) is 9.31 Å². The highest BCUT2D eigenvalue weighted by molar-refractivity contribution is 6.62. The summed E-state index contributed by atoms with van der Waals surface area (Å²) in [7, 11) is -0.326. The Balaban J connectivity index is 1.35. The van der Waals surface area contributed by atoms with Gasteiger partial charge in [0.25, 0.3) is 0 Å². The second-order valence-corrected chi connectivity index (χ2v) is 11.4. The molecule has 178 valence electrons. The monoisotopic (exact) mass is 451 g/mol. The quantitative estimate of drug-likeness (QED) is 0.714. The van der Waals surface area contributed by atoms with Gasteiger partial charge in [0.05, 0.1) is 28.8 Å². The Morgan fingerprint density at radius 2 is 1.33 bits per heavy atom. The summed E-state index contributed by atoms with van der Waals surface area (Å²) in [5.41, 5.74) is 3.23. The van der Waals surface area contributed by atoms with Gasteiger partial charge in [-0.2, -0.15) is 0 Å². The second kappa shape index (κ2) is 8.60. The molecule has 1 aromatic heterocycles. The van der Waals surface area contributed by atoms with Gasteiger partial charge in [0.1, 0.15) is 6.10 Å². The molecule has 2 fully saturated rings. The van der Waals surface area contributed by atoms with E-state index in [2.05, 4.69) is 72.8 Å². The molecule has 0 spiro atoms. The topological polar surface area (TPSA) is 58.1 Å². The fraction of sp³-hybridized carbons (Fsp3) is 0.577. The van der Waals surface area contributed by atoms with Crippen LogP contribution in [-0.4, -0.2) is 54.6 Å². The zero-order valence-corrected chi connectivity index (χ0v) is 21.1. The van der Waals surface area contributed by atoms with Crippen molar-refractivity contribution in [3.8, 4) is 0 Å². The number of piperazine rings is 1. The summed E-state index contributed by atoms with van der Waals surface area (Å²) in [6.45, 7) is 18.1. The average Bonchev–Trinajstić information content (AvgIpc) is 3.00. The van der Waals surface area contributed by atoms with Gasteiger partial charge in [-0.3, -0.25) is 4.98 Å². The molecule has 2 aliphatic heterocycles. The smallest absolute Gasteiger partial charge is 0.399 e. The van der Waals surface area contributed by atoms with Crippen LogP contribution in [0.25, 0.3) is 0 Å². The van der Waals surface area contributed by atoms with Gasteiger partial charge in [0.2, 0.25) is 0 Å². The Bertz CT molecular complexity index is 930. The van der Waals surface area contributed by atoms with Crippen LogP contribution >= 0.6 is 0 Å². The molecule has 33 heavy (non-hydrogen) atoms. The molecule has 1 unspecified atom stereocenters. The molecule has 2 aliphatic rings. The van der Waals surface area contributed by atoms with Crippen molar-refractivity contribution in [3.63, 3.8) is 0 Å². The highest BCUT2D eigenvalue weighted by Gasteiger charge is 2.51. The lowest BCUT2D eigenvalue weighted by molar-refractivity contribution is 0.00578. The average molecular weight is 451 g/mol. The van der Waals surface area contributed by atoms with Crippen LogP contribution in [0.2, 0.25) is 0 Å². The van der Waals surface area contributed by atoms with Crippen molar-refractivity contribution in [2.24, 2.45) is 5.41 Å². The minimum Gasteiger partial charge on any atom is -0.399 e. The molecule has 4 rings (SSSR count). The molecule has 2 saturated heterocycles. The zero-order valence-electron chi connectivity index (χ0n) is 21.1. The maximum atomic E-state index is 10.5. The van der Waals surface area contributed by atoms with Crippen LogP contribution in [0.3, 0.4) is 0 Å². The van der Waals surface area contributed by atoms with E-state index in [-0.39, 0.29) is 23.7 Å². The normalized spacial score (nSPS) is 21.4. The first-order valence-electron chi connectivity index (χ1n) is 12.0. The van der Waals surface area contributed by atoms with Gasteiger partial charge in [-0.25, -0.2) is 0 Å². The fourth-order valence-corrected chi connectivity index (χ4v) is 4.23. The number of hydrogen-bond acceptors (Lipinski definition) is 6. The van der Waals surface area contributed by atoms with Crippen LogP contribution in [0.4, 0.5) is 11.4 Å². The van der Waals surface area contributed by atoms with E-state index in [0.717, 1.165) is 43.0 Å². The third-order valence-corrected chi connectivity index (χ3v) is 7.30. The molecule has 0 radical (unpaired) electrons. The van der Waals surface area contributed by atoms with Crippen molar-refractivity contribution in [1.29, 1.82) is 0 Å². The van der Waals surface area contributed by atoms with Crippen LogP contribution in [0.1, 0.15) is 60.3 Å². The van der Waals surface area contributed by atoms with E-state index in [4.69, 9.17) is 9.31 Å². The van der Waals surface area contributed by atoms with Crippen molar-refractivity contribution in [2.75, 3.05) is 36.0 Å². The molecular weight excluding hydrogens is 413 g/mol. The Morgan fingerprint density at radius 3 is 1.79 bits per heavy atom. The summed E-state index contributed by atoms with van der Waals surface area (Å²) in [5.74, 6) is 0. The number of benzene rings is 1. The van der Waals surface area contributed by atoms with Crippen molar-refractivity contribution >= 4 is 24.0 Å². The molecule has 6 nitrogen and oxygen atoms in total. The predicted octanol–water partition coefficient (Wildman–Crippen LogP) is 3.79. The SMILES string of the molecule is CC(C)(C)C(O)c1ccc(N2CCN(c3ccc(B4OC(C)(C)C(C)(C)O4)cc3)CC2)cn1. The summed E-state index contributed by atoms with van der Waals surface area (Å²) >= 11 is 0. The van der Waals surface area contributed by atoms with E-state index in [1.54, 1.807) is 0 Å². The maximum Gasteiger partial charge on any atom is 0.494 e. The molecule has 0 bridgehead atoms. The Hall–Kier alpha value is -2.09. The van der Waals surface area contributed by atoms with Gasteiger partial charge in [0.15, 0.2) is 0 Å². The number of aliphatic hydroxyl groups excluding tert-OH is 1. The summed E-state index contributed by atoms with van der Waals surface area (Å²) in [6, 6.07) is 12.6. The second-order valence-electron chi connectivity index (χ2n) is 11.4. The van der Waals surface area contributed by atoms with E-state index in [1.165, 1.54) is 5.69 Å². The standard InChI is InChI=1S/C26H38BN3O3/c1-24(2,3)23(31)22-13-12-21(18-28-22)30-16-14-29(15-17-30)20-10-8-19(9-11-20)27-32-25(4,5)26(6,7)33-27/h8-13,18,23,31H,14-17H2,1-7H3. The van der Waals surface area contributed by atoms with Gasteiger partial charge in [0, 0.05) is 31.9 Å². The van der Waals surface area contributed by atoms with E-state index in [0.29, 0.717) is 0 Å². The van der Waals surface area contributed by atoms with Crippen LogP contribution in [0.5, 0.6) is 0 Å². The number of pyridine rings is 1.